The smallest absolute Gasteiger partial charge is 0.227 e. The minimum atomic E-state index is -3.00. The number of H-pyrrole nitrogens is 1. The molecule has 1 aliphatic heterocycles. The van der Waals surface area contributed by atoms with Crippen LogP contribution in [0.2, 0.25) is 0 Å². The minimum Gasteiger partial charge on any atom is -0.364 e. The lowest BCUT2D eigenvalue weighted by Gasteiger charge is -2.46. The van der Waals surface area contributed by atoms with E-state index in [9.17, 15) is 8.42 Å². The van der Waals surface area contributed by atoms with Crippen LogP contribution in [-0.2, 0) is 16.4 Å². The highest BCUT2D eigenvalue weighted by molar-refractivity contribution is 7.92. The molecule has 8 nitrogen and oxygen atoms in total. The van der Waals surface area contributed by atoms with E-state index >= 15 is 0 Å². The molecule has 5 rings (SSSR count). The number of sulfone groups is 1. The fourth-order valence-corrected chi connectivity index (χ4v) is 6.78. The first kappa shape index (κ1) is 18.4. The summed E-state index contributed by atoms with van der Waals surface area (Å²) >= 11 is 0. The zero-order valence-electron chi connectivity index (χ0n) is 16.1. The molecule has 0 radical (unpaired) electrons. The predicted molar refractivity (Wildman–Crippen MR) is 112 cm³/mol. The molecule has 1 unspecified atom stereocenters. The molecule has 2 aromatic heterocycles. The van der Waals surface area contributed by atoms with Gasteiger partial charge >= 0.3 is 0 Å². The van der Waals surface area contributed by atoms with Crippen LogP contribution in [0.1, 0.15) is 37.7 Å². The normalized spacial score (nSPS) is 22.3. The highest BCUT2D eigenvalue weighted by atomic mass is 32.2. The van der Waals surface area contributed by atoms with Gasteiger partial charge < -0.3 is 15.6 Å². The lowest BCUT2D eigenvalue weighted by atomic mass is 9.79. The molecule has 3 N–H and O–H groups in total. The first-order chi connectivity index (χ1) is 14.0. The third-order valence-electron chi connectivity index (χ3n) is 6.20. The number of fused-ring (bicyclic) bond motifs is 1. The topological polar surface area (TPSA) is 113 Å². The van der Waals surface area contributed by atoms with Crippen molar-refractivity contribution < 1.29 is 8.42 Å². The summed E-state index contributed by atoms with van der Waals surface area (Å²) in [5.74, 6) is 1.40. The van der Waals surface area contributed by atoms with Gasteiger partial charge in [0.15, 0.2) is 21.3 Å². The van der Waals surface area contributed by atoms with Gasteiger partial charge in [-0.3, -0.25) is 0 Å². The average Bonchev–Trinajstić information content (AvgIpc) is 3.15. The molecule has 0 amide bonds. The van der Waals surface area contributed by atoms with Gasteiger partial charge in [0.1, 0.15) is 5.52 Å². The summed E-state index contributed by atoms with van der Waals surface area (Å²) < 4.78 is 24.5. The molecule has 1 spiro atoms. The molecular weight excluding hydrogens is 388 g/mol. The van der Waals surface area contributed by atoms with E-state index in [1.165, 1.54) is 0 Å². The fourth-order valence-electron chi connectivity index (χ4n) is 4.39. The van der Waals surface area contributed by atoms with Crippen LogP contribution in [0.25, 0.3) is 11.2 Å². The highest BCUT2D eigenvalue weighted by Crippen LogP contribution is 2.47. The Morgan fingerprint density at radius 2 is 2.00 bits per heavy atom. The maximum absolute atomic E-state index is 12.5. The Balaban J connectivity index is 1.36. The number of anilines is 2. The number of aromatic nitrogens is 4. The summed E-state index contributed by atoms with van der Waals surface area (Å²) in [5.41, 5.74) is 2.49. The second-order valence-electron chi connectivity index (χ2n) is 8.03. The summed E-state index contributed by atoms with van der Waals surface area (Å²) in [5, 5.41) is 6.74. The number of imidazole rings is 1. The molecule has 9 heteroatoms. The standard InChI is InChI=1S/C20H24N6O2S/c27-29(28)10-7-15(11-20(29)8-4-9-20)24-19-25-17(16-18(26-19)23-13-22-16)21-12-14-5-2-1-3-6-14/h1-3,5-6,13,15H,4,7-12H2,(H3,21,22,23,24,25,26). The average molecular weight is 413 g/mol. The molecule has 2 aliphatic rings. The third kappa shape index (κ3) is 3.33. The SMILES string of the molecule is O=S1(=O)CCC(Nc2nc(NCc3ccccc3)c3[nH]cnc3n2)CC12CCC2. The number of aromatic amines is 1. The van der Waals surface area contributed by atoms with Crippen molar-refractivity contribution in [2.75, 3.05) is 16.4 Å². The van der Waals surface area contributed by atoms with Crippen LogP contribution >= 0.6 is 0 Å². The lowest BCUT2D eigenvalue weighted by Crippen LogP contribution is -2.53. The Kier molecular flexibility index (Phi) is 4.42. The summed E-state index contributed by atoms with van der Waals surface area (Å²) in [6.07, 6.45) is 5.36. The lowest BCUT2D eigenvalue weighted by molar-refractivity contribution is 0.289. The van der Waals surface area contributed by atoms with Gasteiger partial charge in [0.2, 0.25) is 5.95 Å². The largest absolute Gasteiger partial charge is 0.364 e. The number of hydrogen-bond donors (Lipinski definition) is 3. The molecule has 3 heterocycles. The van der Waals surface area contributed by atoms with Crippen LogP contribution in [0.15, 0.2) is 36.7 Å². The summed E-state index contributed by atoms with van der Waals surface area (Å²) in [4.78, 5) is 16.6. The van der Waals surface area contributed by atoms with Gasteiger partial charge in [-0.15, -0.1) is 0 Å². The van der Waals surface area contributed by atoms with Gasteiger partial charge in [-0.1, -0.05) is 36.8 Å². The molecule has 2 fully saturated rings. The highest BCUT2D eigenvalue weighted by Gasteiger charge is 2.52. The van der Waals surface area contributed by atoms with Gasteiger partial charge in [-0.2, -0.15) is 9.97 Å². The predicted octanol–water partition coefficient (Wildman–Crippen LogP) is 2.88. The molecule has 1 atom stereocenters. The molecule has 1 saturated heterocycles. The van der Waals surface area contributed by atoms with Gasteiger partial charge in [0.25, 0.3) is 0 Å². The van der Waals surface area contributed by atoms with E-state index in [0.29, 0.717) is 36.8 Å². The van der Waals surface area contributed by atoms with Gasteiger partial charge in [-0.05, 0) is 31.2 Å². The van der Waals surface area contributed by atoms with E-state index in [4.69, 9.17) is 0 Å². The van der Waals surface area contributed by atoms with E-state index in [1.54, 1.807) is 6.33 Å². The maximum Gasteiger partial charge on any atom is 0.227 e. The van der Waals surface area contributed by atoms with Crippen LogP contribution in [0, 0.1) is 0 Å². The number of hydrogen-bond acceptors (Lipinski definition) is 7. The van der Waals surface area contributed by atoms with Gasteiger partial charge in [0.05, 0.1) is 16.8 Å². The summed E-state index contributed by atoms with van der Waals surface area (Å²) in [6, 6.07) is 10.2. The quantitative estimate of drug-likeness (QED) is 0.590. The van der Waals surface area contributed by atoms with Crippen molar-refractivity contribution in [1.82, 2.24) is 19.9 Å². The number of nitrogens with zero attached hydrogens (tertiary/aromatic N) is 3. The van der Waals surface area contributed by atoms with E-state index in [2.05, 4.69) is 42.7 Å². The van der Waals surface area contributed by atoms with Crippen molar-refractivity contribution in [1.29, 1.82) is 0 Å². The monoisotopic (exact) mass is 412 g/mol. The second kappa shape index (κ2) is 6.98. The van der Waals surface area contributed by atoms with E-state index < -0.39 is 14.6 Å². The Hall–Kier alpha value is -2.68. The second-order valence-corrected chi connectivity index (χ2v) is 10.5. The zero-order valence-corrected chi connectivity index (χ0v) is 16.9. The molecule has 1 saturated carbocycles. The molecule has 29 heavy (non-hydrogen) atoms. The van der Waals surface area contributed by atoms with Crippen molar-refractivity contribution in [2.45, 2.75) is 49.4 Å². The first-order valence-electron chi connectivity index (χ1n) is 10.0. The van der Waals surface area contributed by atoms with Gasteiger partial charge in [0, 0.05) is 12.6 Å². The Labute approximate surface area is 169 Å². The van der Waals surface area contributed by atoms with Crippen molar-refractivity contribution in [3.8, 4) is 0 Å². The van der Waals surface area contributed by atoms with Crippen molar-refractivity contribution in [3.05, 3.63) is 42.2 Å². The number of rotatable bonds is 5. The molecule has 152 valence electrons. The zero-order chi connectivity index (χ0) is 19.9. The molecular formula is C20H24N6O2S. The minimum absolute atomic E-state index is 0.0530. The Morgan fingerprint density at radius 1 is 1.17 bits per heavy atom. The molecule has 0 bridgehead atoms. The molecule has 1 aromatic carbocycles. The Morgan fingerprint density at radius 3 is 2.76 bits per heavy atom. The van der Waals surface area contributed by atoms with Gasteiger partial charge in [-0.25, -0.2) is 13.4 Å². The van der Waals surface area contributed by atoms with Crippen molar-refractivity contribution >= 4 is 32.8 Å². The van der Waals surface area contributed by atoms with E-state index in [-0.39, 0.29) is 11.8 Å². The van der Waals surface area contributed by atoms with E-state index in [0.717, 1.165) is 30.3 Å². The number of benzene rings is 1. The number of nitrogens with one attached hydrogen (secondary N) is 3. The summed E-state index contributed by atoms with van der Waals surface area (Å²) in [6.45, 7) is 0.635. The van der Waals surface area contributed by atoms with E-state index in [1.807, 2.05) is 18.2 Å². The Bertz CT molecular complexity index is 1120. The molecule has 1 aliphatic carbocycles. The van der Waals surface area contributed by atoms with Crippen LogP contribution in [0.3, 0.4) is 0 Å². The third-order valence-corrected chi connectivity index (χ3v) is 8.87. The van der Waals surface area contributed by atoms with Crippen LogP contribution in [0.4, 0.5) is 11.8 Å². The van der Waals surface area contributed by atoms with Crippen LogP contribution in [0.5, 0.6) is 0 Å². The van der Waals surface area contributed by atoms with Crippen LogP contribution in [-0.4, -0.2) is 44.9 Å². The maximum atomic E-state index is 12.5. The van der Waals surface area contributed by atoms with Crippen molar-refractivity contribution in [2.24, 2.45) is 0 Å². The first-order valence-corrected chi connectivity index (χ1v) is 11.7. The van der Waals surface area contributed by atoms with Crippen molar-refractivity contribution in [3.63, 3.8) is 0 Å². The molecule has 3 aromatic rings. The fraction of sp³-hybridized carbons (Fsp3) is 0.450. The summed E-state index contributed by atoms with van der Waals surface area (Å²) in [7, 11) is -3.00. The van der Waals surface area contributed by atoms with Crippen LogP contribution < -0.4 is 10.6 Å².